The number of unbranched alkanes of at least 4 members (excludes halogenated alkanes) is 1. The van der Waals surface area contributed by atoms with Gasteiger partial charge in [0, 0.05) is 6.04 Å². The second-order valence-corrected chi connectivity index (χ2v) is 7.02. The summed E-state index contributed by atoms with van der Waals surface area (Å²) in [6, 6.07) is 0.639. The maximum absolute atomic E-state index is 3.71. The molecular formula is C18H37N. The minimum Gasteiger partial charge on any atom is -0.314 e. The van der Waals surface area contributed by atoms with Crippen LogP contribution in [0, 0.1) is 17.8 Å². The molecule has 0 amide bonds. The Hall–Kier alpha value is -0.0400. The quantitative estimate of drug-likeness (QED) is 0.559. The summed E-state index contributed by atoms with van der Waals surface area (Å²) in [6.45, 7) is 10.5. The summed E-state index contributed by atoms with van der Waals surface area (Å²) in [5, 5.41) is 3.71. The third-order valence-corrected chi connectivity index (χ3v) is 5.03. The van der Waals surface area contributed by atoms with Crippen LogP contribution >= 0.6 is 0 Å². The Bertz CT molecular complexity index is 206. The van der Waals surface area contributed by atoms with Crippen LogP contribution < -0.4 is 5.32 Å². The Morgan fingerprint density at radius 2 is 1.79 bits per heavy atom. The number of rotatable bonds is 10. The smallest absolute Gasteiger partial charge is 0.00104 e. The van der Waals surface area contributed by atoms with E-state index in [-0.39, 0.29) is 0 Å². The van der Waals surface area contributed by atoms with E-state index in [2.05, 4.69) is 33.0 Å². The molecule has 1 rings (SSSR count). The monoisotopic (exact) mass is 267 g/mol. The predicted octanol–water partition coefficient (Wildman–Crippen LogP) is 5.40. The van der Waals surface area contributed by atoms with E-state index in [1.165, 1.54) is 64.3 Å². The summed E-state index contributed by atoms with van der Waals surface area (Å²) in [6.07, 6.45) is 13.0. The molecule has 2 unspecified atom stereocenters. The van der Waals surface area contributed by atoms with Gasteiger partial charge in [-0.1, -0.05) is 79.1 Å². The average molecular weight is 268 g/mol. The zero-order chi connectivity index (χ0) is 14.1. The van der Waals surface area contributed by atoms with Crippen molar-refractivity contribution in [3.8, 4) is 0 Å². The van der Waals surface area contributed by atoms with E-state index in [0.717, 1.165) is 17.8 Å². The van der Waals surface area contributed by atoms with E-state index in [0.29, 0.717) is 6.04 Å². The first kappa shape index (κ1) is 17.0. The Balaban J connectivity index is 2.45. The van der Waals surface area contributed by atoms with E-state index < -0.39 is 0 Å². The molecule has 0 saturated heterocycles. The largest absolute Gasteiger partial charge is 0.314 e. The van der Waals surface area contributed by atoms with Gasteiger partial charge < -0.3 is 5.32 Å². The van der Waals surface area contributed by atoms with Crippen LogP contribution in [0.25, 0.3) is 0 Å². The van der Waals surface area contributed by atoms with Gasteiger partial charge in [-0.25, -0.2) is 0 Å². The fourth-order valence-electron chi connectivity index (χ4n) is 3.67. The molecule has 1 heteroatoms. The summed E-state index contributed by atoms with van der Waals surface area (Å²) < 4.78 is 0. The van der Waals surface area contributed by atoms with Gasteiger partial charge in [-0.2, -0.15) is 0 Å². The molecule has 114 valence electrons. The maximum Gasteiger partial charge on any atom is 0.00104 e. The standard InChI is InChI=1S/C18H37N/c1-5-7-10-16(6-2)13-18(14-19-15(3)4)17-11-8-9-12-17/h15-19H,5-14H2,1-4H3. The first-order chi connectivity index (χ1) is 9.17. The molecule has 1 fully saturated rings. The summed E-state index contributed by atoms with van der Waals surface area (Å²) in [5.74, 6) is 2.92. The van der Waals surface area contributed by atoms with Crippen molar-refractivity contribution in [2.45, 2.75) is 91.5 Å². The fraction of sp³-hybridized carbons (Fsp3) is 1.00. The predicted molar refractivity (Wildman–Crippen MR) is 86.5 cm³/mol. The average Bonchev–Trinajstić information content (AvgIpc) is 2.91. The highest BCUT2D eigenvalue weighted by molar-refractivity contribution is 4.79. The molecule has 0 heterocycles. The van der Waals surface area contributed by atoms with E-state index in [1.54, 1.807) is 0 Å². The van der Waals surface area contributed by atoms with Crippen LogP contribution in [-0.4, -0.2) is 12.6 Å². The first-order valence-corrected chi connectivity index (χ1v) is 8.90. The zero-order valence-corrected chi connectivity index (χ0v) is 13.9. The second kappa shape index (κ2) is 9.80. The van der Waals surface area contributed by atoms with Crippen molar-refractivity contribution in [2.24, 2.45) is 17.8 Å². The first-order valence-electron chi connectivity index (χ1n) is 8.90. The highest BCUT2D eigenvalue weighted by Crippen LogP contribution is 2.36. The van der Waals surface area contributed by atoms with Gasteiger partial charge in [-0.15, -0.1) is 0 Å². The molecule has 1 aliphatic carbocycles. The zero-order valence-electron chi connectivity index (χ0n) is 13.9. The van der Waals surface area contributed by atoms with Crippen molar-refractivity contribution in [1.29, 1.82) is 0 Å². The summed E-state index contributed by atoms with van der Waals surface area (Å²) in [4.78, 5) is 0. The Labute approximate surface area is 121 Å². The van der Waals surface area contributed by atoms with Gasteiger partial charge in [0.1, 0.15) is 0 Å². The van der Waals surface area contributed by atoms with Crippen molar-refractivity contribution in [2.75, 3.05) is 6.54 Å². The molecule has 0 aliphatic heterocycles. The van der Waals surface area contributed by atoms with E-state index >= 15 is 0 Å². The van der Waals surface area contributed by atoms with Gasteiger partial charge in [-0.05, 0) is 30.7 Å². The van der Waals surface area contributed by atoms with Crippen LogP contribution in [0.1, 0.15) is 85.5 Å². The van der Waals surface area contributed by atoms with Crippen molar-refractivity contribution in [1.82, 2.24) is 5.32 Å². The Kier molecular flexibility index (Phi) is 8.77. The van der Waals surface area contributed by atoms with Gasteiger partial charge >= 0.3 is 0 Å². The molecular weight excluding hydrogens is 230 g/mol. The Morgan fingerprint density at radius 3 is 2.32 bits per heavy atom. The Morgan fingerprint density at radius 1 is 1.11 bits per heavy atom. The minimum atomic E-state index is 0.639. The second-order valence-electron chi connectivity index (χ2n) is 7.02. The van der Waals surface area contributed by atoms with Crippen LogP contribution in [-0.2, 0) is 0 Å². The molecule has 0 aromatic rings. The van der Waals surface area contributed by atoms with E-state index in [4.69, 9.17) is 0 Å². The minimum absolute atomic E-state index is 0.639. The highest BCUT2D eigenvalue weighted by atomic mass is 14.9. The highest BCUT2D eigenvalue weighted by Gasteiger charge is 2.26. The molecule has 1 aliphatic rings. The molecule has 19 heavy (non-hydrogen) atoms. The molecule has 1 saturated carbocycles. The molecule has 2 atom stereocenters. The topological polar surface area (TPSA) is 12.0 Å². The maximum atomic E-state index is 3.71. The van der Waals surface area contributed by atoms with Crippen molar-refractivity contribution < 1.29 is 0 Å². The van der Waals surface area contributed by atoms with Gasteiger partial charge in [-0.3, -0.25) is 0 Å². The van der Waals surface area contributed by atoms with Gasteiger partial charge in [0.15, 0.2) is 0 Å². The molecule has 1 N–H and O–H groups in total. The molecule has 1 nitrogen and oxygen atoms in total. The van der Waals surface area contributed by atoms with Crippen LogP contribution in [0.15, 0.2) is 0 Å². The van der Waals surface area contributed by atoms with Crippen LogP contribution in [0.3, 0.4) is 0 Å². The van der Waals surface area contributed by atoms with Crippen molar-refractivity contribution in [3.05, 3.63) is 0 Å². The van der Waals surface area contributed by atoms with E-state index in [9.17, 15) is 0 Å². The van der Waals surface area contributed by atoms with Crippen LogP contribution in [0.2, 0.25) is 0 Å². The van der Waals surface area contributed by atoms with Crippen molar-refractivity contribution >= 4 is 0 Å². The molecule has 0 radical (unpaired) electrons. The van der Waals surface area contributed by atoms with Gasteiger partial charge in [0.05, 0.1) is 0 Å². The van der Waals surface area contributed by atoms with Crippen molar-refractivity contribution in [3.63, 3.8) is 0 Å². The number of hydrogen-bond acceptors (Lipinski definition) is 1. The lowest BCUT2D eigenvalue weighted by Gasteiger charge is -2.29. The van der Waals surface area contributed by atoms with Gasteiger partial charge in [0.2, 0.25) is 0 Å². The normalized spacial score (nSPS) is 20.1. The third-order valence-electron chi connectivity index (χ3n) is 5.03. The lowest BCUT2D eigenvalue weighted by Crippen LogP contribution is -2.33. The summed E-state index contributed by atoms with van der Waals surface area (Å²) >= 11 is 0. The SMILES string of the molecule is CCCCC(CC)CC(CNC(C)C)C1CCCC1. The lowest BCUT2D eigenvalue weighted by atomic mass is 9.80. The number of nitrogens with one attached hydrogen (secondary N) is 1. The van der Waals surface area contributed by atoms with Crippen LogP contribution in [0.5, 0.6) is 0 Å². The fourth-order valence-corrected chi connectivity index (χ4v) is 3.67. The molecule has 0 aromatic heterocycles. The third kappa shape index (κ3) is 6.79. The summed E-state index contributed by atoms with van der Waals surface area (Å²) in [7, 11) is 0. The molecule has 0 spiro atoms. The van der Waals surface area contributed by atoms with Gasteiger partial charge in [0.25, 0.3) is 0 Å². The van der Waals surface area contributed by atoms with Crippen LogP contribution in [0.4, 0.5) is 0 Å². The number of hydrogen-bond donors (Lipinski definition) is 1. The molecule has 0 bridgehead atoms. The summed E-state index contributed by atoms with van der Waals surface area (Å²) in [5.41, 5.74) is 0. The molecule has 0 aromatic carbocycles. The van der Waals surface area contributed by atoms with E-state index in [1.807, 2.05) is 0 Å². The lowest BCUT2D eigenvalue weighted by molar-refractivity contribution is 0.242.